The Hall–Kier alpha value is -2.22. The number of carbonyl (C=O) groups is 2. The van der Waals surface area contributed by atoms with Gasteiger partial charge < -0.3 is 11.1 Å². The lowest BCUT2D eigenvalue weighted by Crippen LogP contribution is -2.42. The van der Waals surface area contributed by atoms with E-state index in [1.165, 1.54) is 25.1 Å². The lowest BCUT2D eigenvalue weighted by Gasteiger charge is -2.18. The number of halogens is 6. The van der Waals surface area contributed by atoms with Crippen LogP contribution in [0.3, 0.4) is 0 Å². The van der Waals surface area contributed by atoms with Crippen LogP contribution >= 0.6 is 34.8 Å². The predicted octanol–water partition coefficient (Wildman–Crippen LogP) is 5.92. The largest absolute Gasteiger partial charge is 0.399 e. The van der Waals surface area contributed by atoms with Crippen LogP contribution in [-0.4, -0.2) is 24.0 Å². The summed E-state index contributed by atoms with van der Waals surface area (Å²) in [6, 6.07) is 5.87. The molecule has 31 heavy (non-hydrogen) atoms. The van der Waals surface area contributed by atoms with E-state index in [-0.39, 0.29) is 26.2 Å². The van der Waals surface area contributed by atoms with Crippen molar-refractivity contribution in [1.82, 2.24) is 5.32 Å². The molecule has 0 saturated heterocycles. The van der Waals surface area contributed by atoms with E-state index in [0.29, 0.717) is 11.1 Å². The standard InChI is InChI=1S/C21H18Cl3F3N2O2/c1-10-7-12(3-5-14(10)20(31)29-11(2)19(28)30)4-6-15(21(25,26)27)13-8-16(22)18(24)17(23)9-13/h3-9,11,15H,1-2H3,(H2,28,30)(H,29,31). The molecular weight excluding hydrogens is 476 g/mol. The minimum Gasteiger partial charge on any atom is -0.368 e. The van der Waals surface area contributed by atoms with Gasteiger partial charge >= 0.3 is 6.18 Å². The van der Waals surface area contributed by atoms with E-state index < -0.39 is 30.0 Å². The minimum atomic E-state index is -4.60. The van der Waals surface area contributed by atoms with Crippen LogP contribution < -0.4 is 11.1 Å². The predicted molar refractivity (Wildman–Crippen MR) is 117 cm³/mol. The zero-order valence-corrected chi connectivity index (χ0v) is 18.6. The number of carbonyl (C=O) groups excluding carboxylic acids is 2. The fourth-order valence-electron chi connectivity index (χ4n) is 2.76. The highest BCUT2D eigenvalue weighted by Crippen LogP contribution is 2.41. The Balaban J connectivity index is 2.32. The number of hydrogen-bond donors (Lipinski definition) is 2. The van der Waals surface area contributed by atoms with Gasteiger partial charge in [-0.05, 0) is 48.7 Å². The number of aryl methyl sites for hydroxylation is 1. The third-order valence-electron chi connectivity index (χ3n) is 4.47. The Kier molecular flexibility index (Phi) is 8.03. The highest BCUT2D eigenvalue weighted by atomic mass is 35.5. The van der Waals surface area contributed by atoms with Gasteiger partial charge in [0, 0.05) is 5.56 Å². The second-order valence-electron chi connectivity index (χ2n) is 6.85. The quantitative estimate of drug-likeness (QED) is 0.491. The molecule has 2 unspecified atom stereocenters. The number of rotatable bonds is 6. The molecule has 0 heterocycles. The van der Waals surface area contributed by atoms with Crippen molar-refractivity contribution < 1.29 is 22.8 Å². The summed E-state index contributed by atoms with van der Waals surface area (Å²) >= 11 is 17.6. The van der Waals surface area contributed by atoms with Crippen molar-refractivity contribution in [1.29, 1.82) is 0 Å². The van der Waals surface area contributed by atoms with Crippen LogP contribution in [0.2, 0.25) is 15.1 Å². The number of allylic oxidation sites excluding steroid dienone is 1. The summed E-state index contributed by atoms with van der Waals surface area (Å²) in [5.41, 5.74) is 6.19. The van der Waals surface area contributed by atoms with E-state index in [4.69, 9.17) is 40.5 Å². The van der Waals surface area contributed by atoms with Gasteiger partial charge in [-0.1, -0.05) is 59.1 Å². The molecule has 4 nitrogen and oxygen atoms in total. The summed E-state index contributed by atoms with van der Waals surface area (Å²) in [4.78, 5) is 23.3. The Morgan fingerprint density at radius 1 is 1.10 bits per heavy atom. The Morgan fingerprint density at radius 2 is 1.68 bits per heavy atom. The first-order chi connectivity index (χ1) is 14.3. The van der Waals surface area contributed by atoms with Crippen LogP contribution in [0.25, 0.3) is 6.08 Å². The Labute approximate surface area is 192 Å². The molecular formula is C21H18Cl3F3N2O2. The molecule has 2 atom stereocenters. The summed E-state index contributed by atoms with van der Waals surface area (Å²) in [7, 11) is 0. The lowest BCUT2D eigenvalue weighted by molar-refractivity contribution is -0.139. The van der Waals surface area contributed by atoms with Crippen LogP contribution in [0.5, 0.6) is 0 Å². The molecule has 2 rings (SSSR count). The summed E-state index contributed by atoms with van der Waals surface area (Å²) in [5, 5.41) is 2.26. The van der Waals surface area contributed by atoms with Crippen molar-refractivity contribution in [2.24, 2.45) is 5.73 Å². The molecule has 0 saturated carbocycles. The maximum atomic E-state index is 13.6. The molecule has 0 aliphatic heterocycles. The van der Waals surface area contributed by atoms with Crippen molar-refractivity contribution in [2.75, 3.05) is 0 Å². The van der Waals surface area contributed by atoms with Crippen molar-refractivity contribution >= 4 is 52.7 Å². The van der Waals surface area contributed by atoms with E-state index in [9.17, 15) is 22.8 Å². The van der Waals surface area contributed by atoms with Gasteiger partial charge in [-0.2, -0.15) is 13.2 Å². The highest BCUT2D eigenvalue weighted by Gasteiger charge is 2.39. The van der Waals surface area contributed by atoms with Crippen molar-refractivity contribution in [3.05, 3.63) is 73.7 Å². The van der Waals surface area contributed by atoms with Gasteiger partial charge in [0.1, 0.15) is 6.04 Å². The second-order valence-corrected chi connectivity index (χ2v) is 8.04. The molecule has 2 aromatic carbocycles. The van der Waals surface area contributed by atoms with E-state index >= 15 is 0 Å². The molecule has 0 fully saturated rings. The number of benzene rings is 2. The van der Waals surface area contributed by atoms with Crippen LogP contribution in [0, 0.1) is 6.92 Å². The summed E-state index contributed by atoms with van der Waals surface area (Å²) in [6.07, 6.45) is -2.34. The molecule has 0 aliphatic carbocycles. The highest BCUT2D eigenvalue weighted by molar-refractivity contribution is 6.48. The molecule has 0 radical (unpaired) electrons. The number of amides is 2. The molecule has 0 aliphatic rings. The number of hydrogen-bond acceptors (Lipinski definition) is 2. The molecule has 2 amide bonds. The van der Waals surface area contributed by atoms with Gasteiger partial charge in [-0.15, -0.1) is 0 Å². The van der Waals surface area contributed by atoms with Crippen LogP contribution in [0.1, 0.15) is 39.9 Å². The van der Waals surface area contributed by atoms with Crippen molar-refractivity contribution in [2.45, 2.75) is 32.0 Å². The first-order valence-electron chi connectivity index (χ1n) is 8.91. The van der Waals surface area contributed by atoms with Crippen molar-refractivity contribution in [3.8, 4) is 0 Å². The van der Waals surface area contributed by atoms with Gasteiger partial charge in [-0.3, -0.25) is 9.59 Å². The first-order valence-corrected chi connectivity index (χ1v) is 10.0. The van der Waals surface area contributed by atoms with E-state index in [1.54, 1.807) is 13.0 Å². The third kappa shape index (κ3) is 6.38. The number of primary amides is 1. The molecule has 10 heteroatoms. The molecule has 3 N–H and O–H groups in total. The van der Waals surface area contributed by atoms with Gasteiger partial charge in [0.05, 0.1) is 21.0 Å². The van der Waals surface area contributed by atoms with E-state index in [0.717, 1.165) is 18.2 Å². The normalized spacial score (nSPS) is 13.8. The van der Waals surface area contributed by atoms with Crippen LogP contribution in [-0.2, 0) is 4.79 Å². The smallest absolute Gasteiger partial charge is 0.368 e. The molecule has 0 bridgehead atoms. The molecule has 0 spiro atoms. The number of alkyl halides is 3. The summed E-state index contributed by atoms with van der Waals surface area (Å²) in [5.74, 6) is -3.18. The topological polar surface area (TPSA) is 72.2 Å². The van der Waals surface area contributed by atoms with E-state index in [1.807, 2.05) is 0 Å². The Bertz CT molecular complexity index is 1020. The van der Waals surface area contributed by atoms with Gasteiger partial charge in [-0.25, -0.2) is 0 Å². The second kappa shape index (κ2) is 9.94. The van der Waals surface area contributed by atoms with Gasteiger partial charge in [0.15, 0.2) is 0 Å². The van der Waals surface area contributed by atoms with Crippen LogP contribution in [0.4, 0.5) is 13.2 Å². The average molecular weight is 494 g/mol. The average Bonchev–Trinajstić information content (AvgIpc) is 2.64. The molecule has 0 aromatic heterocycles. The SMILES string of the molecule is Cc1cc(C=CC(c2cc(Cl)c(Cl)c(Cl)c2)C(F)(F)F)ccc1C(=O)NC(C)C(N)=O. The number of nitrogens with one attached hydrogen (secondary N) is 1. The maximum Gasteiger partial charge on any atom is 0.399 e. The first kappa shape index (κ1) is 25.0. The monoisotopic (exact) mass is 492 g/mol. The lowest BCUT2D eigenvalue weighted by atomic mass is 9.96. The van der Waals surface area contributed by atoms with Gasteiger partial charge in [0.25, 0.3) is 5.91 Å². The maximum absolute atomic E-state index is 13.6. The summed E-state index contributed by atoms with van der Waals surface area (Å²) < 4.78 is 40.9. The van der Waals surface area contributed by atoms with E-state index in [2.05, 4.69) is 5.32 Å². The fraction of sp³-hybridized carbons (Fsp3) is 0.238. The Morgan fingerprint density at radius 3 is 2.16 bits per heavy atom. The number of nitrogens with two attached hydrogens (primary N) is 1. The zero-order valence-electron chi connectivity index (χ0n) is 16.4. The molecule has 166 valence electrons. The molecule has 2 aromatic rings. The minimum absolute atomic E-state index is 0.0212. The van der Waals surface area contributed by atoms with Gasteiger partial charge in [0.2, 0.25) is 5.91 Å². The zero-order chi connectivity index (χ0) is 23.5. The third-order valence-corrected chi connectivity index (χ3v) is 5.67. The summed E-state index contributed by atoms with van der Waals surface area (Å²) in [6.45, 7) is 3.07. The fourth-order valence-corrected chi connectivity index (χ4v) is 3.38. The van der Waals surface area contributed by atoms with Crippen molar-refractivity contribution in [3.63, 3.8) is 0 Å². The van der Waals surface area contributed by atoms with Crippen LogP contribution in [0.15, 0.2) is 36.4 Å².